The minimum absolute atomic E-state index is 0.120. The zero-order valence-corrected chi connectivity index (χ0v) is 12.4. The Kier molecular flexibility index (Phi) is 7.50. The molecule has 0 heterocycles. The molecule has 0 unspecified atom stereocenters. The van der Waals surface area contributed by atoms with E-state index in [4.69, 9.17) is 14.2 Å². The van der Waals surface area contributed by atoms with Crippen LogP contribution in [0, 0.1) is 0 Å². The van der Waals surface area contributed by atoms with Crippen LogP contribution in [-0.4, -0.2) is 39.4 Å². The molecular weight excluding hydrogens is 258 g/mol. The van der Waals surface area contributed by atoms with Crippen LogP contribution >= 0.6 is 0 Å². The van der Waals surface area contributed by atoms with E-state index in [0.717, 1.165) is 6.42 Å². The third-order valence-corrected chi connectivity index (χ3v) is 2.68. The summed E-state index contributed by atoms with van der Waals surface area (Å²) in [5, 5.41) is 2.85. The molecule has 112 valence electrons. The van der Waals surface area contributed by atoms with Gasteiger partial charge in [0.2, 0.25) is 0 Å². The molecule has 0 aliphatic rings. The number of nitrogens with one attached hydrogen (secondary N) is 1. The molecule has 0 saturated carbocycles. The summed E-state index contributed by atoms with van der Waals surface area (Å²) in [5.74, 6) is 1.09. The molecule has 1 aromatic rings. The SMILES string of the molecule is CCOCCCNC(=O)c1ccc(OC)c(OCC)c1. The largest absolute Gasteiger partial charge is 0.493 e. The lowest BCUT2D eigenvalue weighted by atomic mass is 10.2. The van der Waals surface area contributed by atoms with Gasteiger partial charge in [0.1, 0.15) is 0 Å². The van der Waals surface area contributed by atoms with Crippen LogP contribution in [0.3, 0.4) is 0 Å². The predicted octanol–water partition coefficient (Wildman–Crippen LogP) is 2.25. The van der Waals surface area contributed by atoms with Gasteiger partial charge in [0.05, 0.1) is 13.7 Å². The fourth-order valence-corrected chi connectivity index (χ4v) is 1.71. The summed E-state index contributed by atoms with van der Waals surface area (Å²) in [7, 11) is 1.57. The molecule has 0 aliphatic carbocycles. The maximum atomic E-state index is 12.0. The molecule has 0 aromatic heterocycles. The maximum Gasteiger partial charge on any atom is 0.251 e. The quantitative estimate of drug-likeness (QED) is 0.705. The van der Waals surface area contributed by atoms with E-state index in [1.807, 2.05) is 13.8 Å². The summed E-state index contributed by atoms with van der Waals surface area (Å²) < 4.78 is 15.9. The van der Waals surface area contributed by atoms with Crippen LogP contribution in [0.2, 0.25) is 0 Å². The number of carbonyl (C=O) groups is 1. The Labute approximate surface area is 120 Å². The standard InChI is InChI=1S/C15H23NO4/c1-4-19-10-6-9-16-15(17)12-7-8-13(18-3)14(11-12)20-5-2/h7-8,11H,4-6,9-10H2,1-3H3,(H,16,17). The Morgan fingerprint density at radius 1 is 1.20 bits per heavy atom. The summed E-state index contributed by atoms with van der Waals surface area (Å²) >= 11 is 0. The van der Waals surface area contributed by atoms with Gasteiger partial charge < -0.3 is 19.5 Å². The van der Waals surface area contributed by atoms with E-state index in [0.29, 0.717) is 43.4 Å². The number of rotatable bonds is 9. The molecule has 1 amide bonds. The highest BCUT2D eigenvalue weighted by Crippen LogP contribution is 2.27. The molecule has 1 N–H and O–H groups in total. The maximum absolute atomic E-state index is 12.0. The van der Waals surface area contributed by atoms with Crippen LogP contribution in [0.25, 0.3) is 0 Å². The van der Waals surface area contributed by atoms with Crippen molar-refractivity contribution in [2.75, 3.05) is 33.5 Å². The highest BCUT2D eigenvalue weighted by atomic mass is 16.5. The summed E-state index contributed by atoms with van der Waals surface area (Å²) in [6, 6.07) is 5.15. The molecular formula is C15H23NO4. The fourth-order valence-electron chi connectivity index (χ4n) is 1.71. The van der Waals surface area contributed by atoms with Crippen molar-refractivity contribution in [2.24, 2.45) is 0 Å². The first-order chi connectivity index (χ1) is 9.72. The van der Waals surface area contributed by atoms with Crippen molar-refractivity contribution < 1.29 is 19.0 Å². The third kappa shape index (κ3) is 5.09. The second-order valence-electron chi connectivity index (χ2n) is 4.11. The molecule has 0 radical (unpaired) electrons. The zero-order valence-electron chi connectivity index (χ0n) is 12.4. The molecule has 5 nitrogen and oxygen atoms in total. The lowest BCUT2D eigenvalue weighted by molar-refractivity contribution is 0.0943. The van der Waals surface area contributed by atoms with E-state index in [1.165, 1.54) is 0 Å². The highest BCUT2D eigenvalue weighted by Gasteiger charge is 2.10. The van der Waals surface area contributed by atoms with Gasteiger partial charge in [-0.05, 0) is 38.5 Å². The topological polar surface area (TPSA) is 56.8 Å². The predicted molar refractivity (Wildman–Crippen MR) is 77.6 cm³/mol. The van der Waals surface area contributed by atoms with E-state index in [-0.39, 0.29) is 5.91 Å². The Balaban J connectivity index is 2.57. The lowest BCUT2D eigenvalue weighted by Crippen LogP contribution is -2.25. The molecule has 0 bridgehead atoms. The first-order valence-corrected chi connectivity index (χ1v) is 6.89. The van der Waals surface area contributed by atoms with Crippen LogP contribution < -0.4 is 14.8 Å². The number of benzene rings is 1. The van der Waals surface area contributed by atoms with Gasteiger partial charge in [-0.1, -0.05) is 0 Å². The highest BCUT2D eigenvalue weighted by molar-refractivity contribution is 5.94. The van der Waals surface area contributed by atoms with Gasteiger partial charge in [-0.3, -0.25) is 4.79 Å². The van der Waals surface area contributed by atoms with Gasteiger partial charge in [-0.2, -0.15) is 0 Å². The Morgan fingerprint density at radius 3 is 2.65 bits per heavy atom. The van der Waals surface area contributed by atoms with Crippen LogP contribution in [0.5, 0.6) is 11.5 Å². The van der Waals surface area contributed by atoms with Crippen molar-refractivity contribution in [3.05, 3.63) is 23.8 Å². The fraction of sp³-hybridized carbons (Fsp3) is 0.533. The zero-order chi connectivity index (χ0) is 14.8. The van der Waals surface area contributed by atoms with Gasteiger partial charge in [-0.25, -0.2) is 0 Å². The minimum Gasteiger partial charge on any atom is -0.493 e. The Bertz CT molecular complexity index is 420. The van der Waals surface area contributed by atoms with Crippen molar-refractivity contribution in [3.8, 4) is 11.5 Å². The normalized spacial score (nSPS) is 10.2. The smallest absolute Gasteiger partial charge is 0.251 e. The summed E-state index contributed by atoms with van der Waals surface area (Å²) in [4.78, 5) is 12.0. The first-order valence-electron chi connectivity index (χ1n) is 6.89. The number of hydrogen-bond acceptors (Lipinski definition) is 4. The summed E-state index contributed by atoms with van der Waals surface area (Å²) in [5.41, 5.74) is 0.561. The van der Waals surface area contributed by atoms with E-state index in [1.54, 1.807) is 25.3 Å². The molecule has 0 atom stereocenters. The van der Waals surface area contributed by atoms with Crippen LogP contribution in [0.15, 0.2) is 18.2 Å². The average Bonchev–Trinajstić information content (AvgIpc) is 2.47. The number of methoxy groups -OCH3 is 1. The molecule has 0 saturated heterocycles. The number of ether oxygens (including phenoxy) is 3. The van der Waals surface area contributed by atoms with Crippen molar-refractivity contribution in [1.29, 1.82) is 0 Å². The third-order valence-electron chi connectivity index (χ3n) is 2.68. The minimum atomic E-state index is -0.120. The van der Waals surface area contributed by atoms with Gasteiger partial charge in [0, 0.05) is 25.3 Å². The van der Waals surface area contributed by atoms with E-state index < -0.39 is 0 Å². The van der Waals surface area contributed by atoms with E-state index >= 15 is 0 Å². The van der Waals surface area contributed by atoms with Gasteiger partial charge in [0.25, 0.3) is 5.91 Å². The van der Waals surface area contributed by atoms with Crippen molar-refractivity contribution in [1.82, 2.24) is 5.32 Å². The lowest BCUT2D eigenvalue weighted by Gasteiger charge is -2.11. The molecule has 20 heavy (non-hydrogen) atoms. The molecule has 0 fully saturated rings. The second-order valence-corrected chi connectivity index (χ2v) is 4.11. The first kappa shape index (κ1) is 16.3. The molecule has 0 aliphatic heterocycles. The Hall–Kier alpha value is -1.75. The molecule has 1 rings (SSSR count). The van der Waals surface area contributed by atoms with Gasteiger partial charge in [0.15, 0.2) is 11.5 Å². The van der Waals surface area contributed by atoms with Crippen LogP contribution in [0.1, 0.15) is 30.6 Å². The van der Waals surface area contributed by atoms with Crippen molar-refractivity contribution in [3.63, 3.8) is 0 Å². The number of carbonyl (C=O) groups excluding carboxylic acids is 1. The number of hydrogen-bond donors (Lipinski definition) is 1. The second kappa shape index (κ2) is 9.20. The van der Waals surface area contributed by atoms with Crippen molar-refractivity contribution in [2.45, 2.75) is 20.3 Å². The molecule has 1 aromatic carbocycles. The molecule has 5 heteroatoms. The van der Waals surface area contributed by atoms with Crippen molar-refractivity contribution >= 4 is 5.91 Å². The average molecular weight is 281 g/mol. The van der Waals surface area contributed by atoms with Crippen LogP contribution in [-0.2, 0) is 4.74 Å². The molecule has 0 spiro atoms. The summed E-state index contributed by atoms with van der Waals surface area (Å²) in [6.07, 6.45) is 0.800. The van der Waals surface area contributed by atoms with Gasteiger partial charge >= 0.3 is 0 Å². The van der Waals surface area contributed by atoms with Crippen LogP contribution in [0.4, 0.5) is 0 Å². The summed E-state index contributed by atoms with van der Waals surface area (Å²) in [6.45, 7) is 6.31. The van der Waals surface area contributed by atoms with E-state index in [9.17, 15) is 4.79 Å². The monoisotopic (exact) mass is 281 g/mol. The van der Waals surface area contributed by atoms with E-state index in [2.05, 4.69) is 5.32 Å². The number of amides is 1. The Morgan fingerprint density at radius 2 is 2.00 bits per heavy atom. The van der Waals surface area contributed by atoms with Gasteiger partial charge in [-0.15, -0.1) is 0 Å².